The molecule has 4 nitrogen and oxygen atoms in total. The number of benzene rings is 2. The van der Waals surface area contributed by atoms with Crippen molar-refractivity contribution in [1.82, 2.24) is 5.32 Å². The highest BCUT2D eigenvalue weighted by molar-refractivity contribution is 5.90. The summed E-state index contributed by atoms with van der Waals surface area (Å²) in [6.07, 6.45) is 0.827. The van der Waals surface area contributed by atoms with Crippen molar-refractivity contribution in [3.8, 4) is 0 Å². The van der Waals surface area contributed by atoms with Crippen LogP contribution in [0.1, 0.15) is 30.5 Å². The van der Waals surface area contributed by atoms with E-state index in [2.05, 4.69) is 72.7 Å². The third-order valence-electron chi connectivity index (χ3n) is 4.41. The second kappa shape index (κ2) is 10.7. The molecule has 0 aliphatic rings. The molecule has 0 saturated heterocycles. The molecule has 5 heteroatoms. The molecule has 2 rings (SSSR count). The summed E-state index contributed by atoms with van der Waals surface area (Å²) in [5.74, 6) is 0. The van der Waals surface area contributed by atoms with E-state index in [1.165, 1.54) is 16.8 Å². The summed E-state index contributed by atoms with van der Waals surface area (Å²) in [6.45, 7) is 11.0. The molecule has 0 bridgehead atoms. The second-order valence-electron chi connectivity index (χ2n) is 6.29. The molecule has 26 heavy (non-hydrogen) atoms. The fourth-order valence-electron chi connectivity index (χ4n) is 2.82. The highest BCUT2D eigenvalue weighted by Crippen LogP contribution is 2.22. The van der Waals surface area contributed by atoms with E-state index in [9.17, 15) is 4.79 Å². The van der Waals surface area contributed by atoms with Crippen LogP contribution in [0.15, 0.2) is 42.5 Å². The standard InChI is InChI=1S/C21H29N3O.ClH/c1-5-24(6-2)19-11-12-20(17(4)15-19)23-21(25)22-14-13-18-9-7-16(3)8-10-18;/h7-12,15H,5-6,13-14H2,1-4H3,(H2,22,23,25);1H/p-1. The number of urea groups is 1. The summed E-state index contributed by atoms with van der Waals surface area (Å²) in [5.41, 5.74) is 5.58. The summed E-state index contributed by atoms with van der Waals surface area (Å²) in [5, 5.41) is 5.86. The van der Waals surface area contributed by atoms with E-state index in [0.717, 1.165) is 30.8 Å². The van der Waals surface area contributed by atoms with Crippen LogP contribution in [0.2, 0.25) is 0 Å². The van der Waals surface area contributed by atoms with E-state index in [0.29, 0.717) is 6.54 Å². The van der Waals surface area contributed by atoms with Gasteiger partial charge in [-0.05, 0) is 63.4 Å². The lowest BCUT2D eigenvalue weighted by atomic mass is 10.1. The number of halogens is 1. The zero-order valence-electron chi connectivity index (χ0n) is 16.1. The van der Waals surface area contributed by atoms with E-state index < -0.39 is 0 Å². The molecule has 0 aliphatic heterocycles. The smallest absolute Gasteiger partial charge is 0.319 e. The lowest BCUT2D eigenvalue weighted by molar-refractivity contribution is -0.00000849. The van der Waals surface area contributed by atoms with E-state index >= 15 is 0 Å². The van der Waals surface area contributed by atoms with Gasteiger partial charge in [0.25, 0.3) is 0 Å². The molecule has 0 unspecified atom stereocenters. The van der Waals surface area contributed by atoms with Crippen molar-refractivity contribution in [2.75, 3.05) is 29.9 Å². The van der Waals surface area contributed by atoms with Crippen LogP contribution in [0.4, 0.5) is 16.2 Å². The number of amides is 2. The Kier molecular flexibility index (Phi) is 9.00. The number of nitrogens with one attached hydrogen (secondary N) is 2. The van der Waals surface area contributed by atoms with Gasteiger partial charge in [0.05, 0.1) is 0 Å². The molecule has 0 fully saturated rings. The maximum Gasteiger partial charge on any atom is 0.319 e. The molecule has 2 aromatic carbocycles. The maximum absolute atomic E-state index is 12.1. The molecule has 0 heterocycles. The molecule has 0 spiro atoms. The fraction of sp³-hybridized carbons (Fsp3) is 0.381. The van der Waals surface area contributed by atoms with Gasteiger partial charge >= 0.3 is 6.03 Å². The first-order valence-corrected chi connectivity index (χ1v) is 8.99. The van der Waals surface area contributed by atoms with Gasteiger partial charge in [-0.15, -0.1) is 0 Å². The van der Waals surface area contributed by atoms with Gasteiger partial charge in [0, 0.05) is 31.0 Å². The van der Waals surface area contributed by atoms with E-state index in [4.69, 9.17) is 0 Å². The second-order valence-corrected chi connectivity index (χ2v) is 6.29. The number of aryl methyl sites for hydroxylation is 2. The highest BCUT2D eigenvalue weighted by Gasteiger charge is 2.07. The van der Waals surface area contributed by atoms with Crippen molar-refractivity contribution in [3.05, 3.63) is 59.2 Å². The van der Waals surface area contributed by atoms with Crippen LogP contribution in [-0.2, 0) is 6.42 Å². The molecule has 2 amide bonds. The Bertz CT molecular complexity index is 697. The summed E-state index contributed by atoms with van der Waals surface area (Å²) < 4.78 is 0. The van der Waals surface area contributed by atoms with Gasteiger partial charge in [0.15, 0.2) is 0 Å². The molecule has 0 aliphatic carbocycles. The van der Waals surface area contributed by atoms with Crippen molar-refractivity contribution in [1.29, 1.82) is 0 Å². The van der Waals surface area contributed by atoms with Crippen LogP contribution in [0.25, 0.3) is 0 Å². The maximum atomic E-state index is 12.1. The van der Waals surface area contributed by atoms with E-state index in [1.807, 2.05) is 13.0 Å². The Labute approximate surface area is 163 Å². The monoisotopic (exact) mass is 374 g/mol. The van der Waals surface area contributed by atoms with Crippen LogP contribution < -0.4 is 27.9 Å². The van der Waals surface area contributed by atoms with E-state index in [-0.39, 0.29) is 18.4 Å². The molecule has 0 aromatic heterocycles. The molecule has 0 atom stereocenters. The van der Waals surface area contributed by atoms with Gasteiger partial charge in [-0.3, -0.25) is 0 Å². The largest absolute Gasteiger partial charge is 1.00 e. The van der Waals surface area contributed by atoms with Crippen LogP contribution in [0, 0.1) is 13.8 Å². The average molecular weight is 375 g/mol. The number of carbonyl (C=O) groups excluding carboxylic acids is 1. The molecule has 0 saturated carbocycles. The number of hydrogen-bond donors (Lipinski definition) is 2. The van der Waals surface area contributed by atoms with Crippen LogP contribution in [0.3, 0.4) is 0 Å². The van der Waals surface area contributed by atoms with Gasteiger partial charge in [-0.1, -0.05) is 29.8 Å². The van der Waals surface area contributed by atoms with Crippen molar-refractivity contribution in [2.45, 2.75) is 34.1 Å². The van der Waals surface area contributed by atoms with Crippen molar-refractivity contribution >= 4 is 17.4 Å². The van der Waals surface area contributed by atoms with Gasteiger partial charge in [-0.2, -0.15) is 0 Å². The normalized spacial score (nSPS) is 10.0. The quantitative estimate of drug-likeness (QED) is 0.771. The minimum atomic E-state index is -0.161. The number of anilines is 2. The van der Waals surface area contributed by atoms with Gasteiger partial charge < -0.3 is 27.9 Å². The Morgan fingerprint density at radius 2 is 1.65 bits per heavy atom. The first-order valence-electron chi connectivity index (χ1n) is 8.99. The Balaban J connectivity index is 0.00000338. The third kappa shape index (κ3) is 6.26. The lowest BCUT2D eigenvalue weighted by Gasteiger charge is -2.22. The van der Waals surface area contributed by atoms with Crippen LogP contribution in [-0.4, -0.2) is 25.7 Å². The highest BCUT2D eigenvalue weighted by atomic mass is 35.5. The zero-order chi connectivity index (χ0) is 18.2. The lowest BCUT2D eigenvalue weighted by Crippen LogP contribution is -3.00. The predicted molar refractivity (Wildman–Crippen MR) is 107 cm³/mol. The van der Waals surface area contributed by atoms with E-state index in [1.54, 1.807) is 0 Å². The summed E-state index contributed by atoms with van der Waals surface area (Å²) in [7, 11) is 0. The number of nitrogens with zero attached hydrogens (tertiary/aromatic N) is 1. The average Bonchev–Trinajstić information content (AvgIpc) is 2.60. The SMILES string of the molecule is CCN(CC)c1ccc(NC(=O)NCCc2ccc(C)cc2)c(C)c1.[Cl-]. The minimum Gasteiger partial charge on any atom is -1.00 e. The molecule has 0 radical (unpaired) electrons. The first-order chi connectivity index (χ1) is 12.0. The van der Waals surface area contributed by atoms with Gasteiger partial charge in [0.2, 0.25) is 0 Å². The number of rotatable bonds is 7. The summed E-state index contributed by atoms with van der Waals surface area (Å²) >= 11 is 0. The Hall–Kier alpha value is -2.20. The van der Waals surface area contributed by atoms with Gasteiger partial charge in [-0.25, -0.2) is 4.79 Å². The number of carbonyl (C=O) groups is 1. The van der Waals surface area contributed by atoms with Gasteiger partial charge in [0.1, 0.15) is 0 Å². The summed E-state index contributed by atoms with van der Waals surface area (Å²) in [6, 6.07) is 14.4. The third-order valence-corrected chi connectivity index (χ3v) is 4.41. The molecule has 2 N–H and O–H groups in total. The van der Waals surface area contributed by atoms with Crippen molar-refractivity contribution in [2.24, 2.45) is 0 Å². The number of hydrogen-bond acceptors (Lipinski definition) is 2. The predicted octanol–water partition coefficient (Wildman–Crippen LogP) is 1.52. The molecule has 2 aromatic rings. The Morgan fingerprint density at radius 3 is 2.23 bits per heavy atom. The topological polar surface area (TPSA) is 44.4 Å². The van der Waals surface area contributed by atoms with Crippen molar-refractivity contribution < 1.29 is 17.2 Å². The molecular weight excluding hydrogens is 346 g/mol. The van der Waals surface area contributed by atoms with Crippen LogP contribution >= 0.6 is 0 Å². The fourth-order valence-corrected chi connectivity index (χ4v) is 2.82. The Morgan fingerprint density at radius 1 is 1.00 bits per heavy atom. The zero-order valence-corrected chi connectivity index (χ0v) is 16.9. The summed E-state index contributed by atoms with van der Waals surface area (Å²) in [4.78, 5) is 14.4. The first kappa shape index (κ1) is 21.8. The van der Waals surface area contributed by atoms with Crippen LogP contribution in [0.5, 0.6) is 0 Å². The molecular formula is C21H29ClN3O-. The molecule has 142 valence electrons. The minimum absolute atomic E-state index is 0. The van der Waals surface area contributed by atoms with Crippen molar-refractivity contribution in [3.63, 3.8) is 0 Å².